The standard InChI is InChI=1S/C15H18F3N3O3/c1-14(2,3)21-7-8(4-11(21)22)12(23)20-10-5-9(15(16,17)18)6-19-13(10)24/h5-6,8H,4,7H2,1-3H3,(H,19,24)(H,20,23)/t8-/m0/s1. The van der Waals surface area contributed by atoms with E-state index in [2.05, 4.69) is 5.32 Å². The maximum absolute atomic E-state index is 12.7. The van der Waals surface area contributed by atoms with Crippen molar-refractivity contribution in [3.63, 3.8) is 0 Å². The molecule has 0 aromatic carbocycles. The summed E-state index contributed by atoms with van der Waals surface area (Å²) in [5.74, 6) is -1.58. The van der Waals surface area contributed by atoms with Gasteiger partial charge in [0.05, 0.1) is 11.5 Å². The summed E-state index contributed by atoms with van der Waals surface area (Å²) in [6.45, 7) is 5.62. The first kappa shape index (κ1) is 18.0. The predicted molar refractivity (Wildman–Crippen MR) is 80.3 cm³/mol. The summed E-state index contributed by atoms with van der Waals surface area (Å²) in [5, 5.41) is 2.20. The van der Waals surface area contributed by atoms with E-state index in [1.807, 2.05) is 25.8 Å². The van der Waals surface area contributed by atoms with Crippen molar-refractivity contribution in [3.05, 3.63) is 28.2 Å². The van der Waals surface area contributed by atoms with Crippen LogP contribution in [0.1, 0.15) is 32.8 Å². The zero-order chi connectivity index (χ0) is 18.3. The van der Waals surface area contributed by atoms with E-state index in [1.54, 1.807) is 0 Å². The minimum atomic E-state index is -4.64. The van der Waals surface area contributed by atoms with Gasteiger partial charge in [0.1, 0.15) is 5.69 Å². The highest BCUT2D eigenvalue weighted by Crippen LogP contribution is 2.30. The van der Waals surface area contributed by atoms with Gasteiger partial charge in [-0.25, -0.2) is 0 Å². The number of halogens is 3. The molecule has 1 aliphatic rings. The summed E-state index contributed by atoms with van der Waals surface area (Å²) in [5.41, 5.74) is -2.86. The van der Waals surface area contributed by atoms with Crippen molar-refractivity contribution in [3.8, 4) is 0 Å². The SMILES string of the molecule is CC(C)(C)N1C[C@@H](C(=O)Nc2cc(C(F)(F)F)c[nH]c2=O)CC1=O. The Morgan fingerprint density at radius 1 is 1.29 bits per heavy atom. The van der Waals surface area contributed by atoms with Crippen LogP contribution >= 0.6 is 0 Å². The summed E-state index contributed by atoms with van der Waals surface area (Å²) in [6, 6.07) is 0.578. The lowest BCUT2D eigenvalue weighted by atomic mass is 10.1. The molecule has 0 aliphatic carbocycles. The second-order valence-corrected chi connectivity index (χ2v) is 6.69. The third kappa shape index (κ3) is 3.77. The van der Waals surface area contributed by atoms with Gasteiger partial charge < -0.3 is 15.2 Å². The molecule has 1 fully saturated rings. The first-order valence-electron chi connectivity index (χ1n) is 7.31. The molecule has 24 heavy (non-hydrogen) atoms. The summed E-state index contributed by atoms with van der Waals surface area (Å²) < 4.78 is 38.1. The smallest absolute Gasteiger partial charge is 0.337 e. The first-order chi connectivity index (χ1) is 10.9. The molecule has 1 aliphatic heterocycles. The Hall–Kier alpha value is -2.32. The quantitative estimate of drug-likeness (QED) is 0.860. The van der Waals surface area contributed by atoms with Crippen molar-refractivity contribution in [2.24, 2.45) is 5.92 Å². The van der Waals surface area contributed by atoms with Crippen molar-refractivity contribution in [1.29, 1.82) is 0 Å². The van der Waals surface area contributed by atoms with Crippen LogP contribution in [0, 0.1) is 5.92 Å². The van der Waals surface area contributed by atoms with E-state index in [9.17, 15) is 27.6 Å². The largest absolute Gasteiger partial charge is 0.417 e. The zero-order valence-electron chi connectivity index (χ0n) is 13.5. The molecule has 0 radical (unpaired) electrons. The Morgan fingerprint density at radius 3 is 2.42 bits per heavy atom. The summed E-state index contributed by atoms with van der Waals surface area (Å²) in [7, 11) is 0. The highest BCUT2D eigenvalue weighted by molar-refractivity contribution is 5.97. The second kappa shape index (κ2) is 5.95. The Bertz CT molecular complexity index is 719. The highest BCUT2D eigenvalue weighted by atomic mass is 19.4. The van der Waals surface area contributed by atoms with Crippen LogP contribution in [0.15, 0.2) is 17.1 Å². The van der Waals surface area contributed by atoms with Gasteiger partial charge in [0.15, 0.2) is 0 Å². The molecule has 1 saturated heterocycles. The van der Waals surface area contributed by atoms with Crippen LogP contribution in [-0.4, -0.2) is 33.8 Å². The molecular weight excluding hydrogens is 327 g/mol. The lowest BCUT2D eigenvalue weighted by molar-refractivity contribution is -0.138. The molecule has 0 unspecified atom stereocenters. The predicted octanol–water partition coefficient (Wildman–Crippen LogP) is 1.98. The number of anilines is 1. The lowest BCUT2D eigenvalue weighted by Gasteiger charge is -2.31. The van der Waals surface area contributed by atoms with Crippen molar-refractivity contribution in [2.75, 3.05) is 11.9 Å². The average Bonchev–Trinajstić information content (AvgIpc) is 2.82. The Morgan fingerprint density at radius 2 is 1.92 bits per heavy atom. The fourth-order valence-corrected chi connectivity index (χ4v) is 2.51. The maximum Gasteiger partial charge on any atom is 0.417 e. The van der Waals surface area contributed by atoms with Gasteiger partial charge in [0.2, 0.25) is 11.8 Å². The Kier molecular flexibility index (Phi) is 4.47. The molecular formula is C15H18F3N3O3. The van der Waals surface area contributed by atoms with Crippen LogP contribution < -0.4 is 10.9 Å². The number of carbonyl (C=O) groups excluding carboxylic acids is 2. The molecule has 1 aromatic heterocycles. The monoisotopic (exact) mass is 345 g/mol. The molecule has 1 atom stereocenters. The van der Waals surface area contributed by atoms with Crippen LogP contribution in [0.5, 0.6) is 0 Å². The molecule has 1 aromatic rings. The number of alkyl halides is 3. The van der Waals surface area contributed by atoms with E-state index >= 15 is 0 Å². The number of pyridine rings is 1. The molecule has 2 amide bonds. The Labute approximate surface area is 136 Å². The van der Waals surface area contributed by atoms with Crippen molar-refractivity contribution < 1.29 is 22.8 Å². The van der Waals surface area contributed by atoms with E-state index in [1.165, 1.54) is 4.90 Å². The van der Waals surface area contributed by atoms with Gasteiger partial charge in [-0.3, -0.25) is 14.4 Å². The van der Waals surface area contributed by atoms with E-state index < -0.39 is 40.4 Å². The number of hydrogen-bond acceptors (Lipinski definition) is 3. The molecule has 0 saturated carbocycles. The third-order valence-corrected chi connectivity index (χ3v) is 3.79. The number of nitrogens with zero attached hydrogens (tertiary/aromatic N) is 1. The molecule has 0 spiro atoms. The van der Waals surface area contributed by atoms with Gasteiger partial charge in [-0.05, 0) is 26.8 Å². The molecule has 6 nitrogen and oxygen atoms in total. The van der Waals surface area contributed by atoms with E-state index in [-0.39, 0.29) is 18.9 Å². The molecule has 2 rings (SSSR count). The number of aromatic nitrogens is 1. The van der Waals surface area contributed by atoms with E-state index in [4.69, 9.17) is 0 Å². The van der Waals surface area contributed by atoms with Crippen molar-refractivity contribution >= 4 is 17.5 Å². The van der Waals surface area contributed by atoms with Gasteiger partial charge >= 0.3 is 6.18 Å². The minimum absolute atomic E-state index is 0.0417. The number of hydrogen-bond donors (Lipinski definition) is 2. The highest BCUT2D eigenvalue weighted by Gasteiger charge is 2.39. The number of carbonyl (C=O) groups is 2. The number of H-pyrrole nitrogens is 1. The second-order valence-electron chi connectivity index (χ2n) is 6.69. The molecule has 2 heterocycles. The topological polar surface area (TPSA) is 82.3 Å². The number of nitrogens with one attached hydrogen (secondary N) is 2. The first-order valence-corrected chi connectivity index (χ1v) is 7.31. The molecule has 132 valence electrons. The minimum Gasteiger partial charge on any atom is -0.337 e. The van der Waals surface area contributed by atoms with Crippen LogP contribution in [0.2, 0.25) is 0 Å². The van der Waals surface area contributed by atoms with Gasteiger partial charge in [-0.15, -0.1) is 0 Å². The third-order valence-electron chi connectivity index (χ3n) is 3.79. The van der Waals surface area contributed by atoms with Crippen LogP contribution in [0.4, 0.5) is 18.9 Å². The number of aromatic amines is 1. The zero-order valence-corrected chi connectivity index (χ0v) is 13.5. The van der Waals surface area contributed by atoms with Gasteiger partial charge in [-0.1, -0.05) is 0 Å². The summed E-state index contributed by atoms with van der Waals surface area (Å²) in [4.78, 5) is 39.3. The summed E-state index contributed by atoms with van der Waals surface area (Å²) in [6.07, 6.45) is -4.14. The molecule has 0 bridgehead atoms. The van der Waals surface area contributed by atoms with Crippen molar-refractivity contribution in [2.45, 2.75) is 38.9 Å². The molecule has 2 N–H and O–H groups in total. The summed E-state index contributed by atoms with van der Waals surface area (Å²) >= 11 is 0. The maximum atomic E-state index is 12.7. The number of rotatable bonds is 2. The van der Waals surface area contributed by atoms with Crippen molar-refractivity contribution in [1.82, 2.24) is 9.88 Å². The normalized spacial score (nSPS) is 18.8. The lowest BCUT2D eigenvalue weighted by Crippen LogP contribution is -2.42. The fourth-order valence-electron chi connectivity index (χ4n) is 2.51. The van der Waals surface area contributed by atoms with Crippen LogP contribution in [-0.2, 0) is 15.8 Å². The van der Waals surface area contributed by atoms with Gasteiger partial charge in [0, 0.05) is 24.7 Å². The van der Waals surface area contributed by atoms with E-state index in [0.717, 1.165) is 0 Å². The van der Waals surface area contributed by atoms with Crippen LogP contribution in [0.25, 0.3) is 0 Å². The van der Waals surface area contributed by atoms with Gasteiger partial charge in [-0.2, -0.15) is 13.2 Å². The number of amides is 2. The fraction of sp³-hybridized carbons (Fsp3) is 0.533. The average molecular weight is 345 g/mol. The van der Waals surface area contributed by atoms with Gasteiger partial charge in [0.25, 0.3) is 5.56 Å². The number of likely N-dealkylation sites (tertiary alicyclic amines) is 1. The Balaban J connectivity index is 2.17. The van der Waals surface area contributed by atoms with E-state index in [0.29, 0.717) is 12.3 Å². The molecule has 9 heteroatoms. The van der Waals surface area contributed by atoms with Crippen LogP contribution in [0.3, 0.4) is 0 Å².